The zero-order valence-corrected chi connectivity index (χ0v) is 19.1. The number of carboxylic acid groups (broad SMARTS) is 1. The third kappa shape index (κ3) is 4.88. The lowest BCUT2D eigenvalue weighted by atomic mass is 10.0. The molecule has 0 saturated carbocycles. The van der Waals surface area contributed by atoms with Crippen molar-refractivity contribution in [2.75, 3.05) is 0 Å². The molecule has 0 fully saturated rings. The molecule has 0 atom stereocenters. The quantitative estimate of drug-likeness (QED) is 0.325. The standard InChI is InChI=1S/C28H22F3N3O2/c29-28(30,31)23-10-7-19(8-11-23)20-9-12-26-22(14-20)17-33-34(26)25-6-1-3-18(13-25)16-32-24-5-2-4-21(15-24)27(35)36/h1,3-4,6-15,17,32H,2,5,16H2,(H,35,36). The van der Waals surface area contributed by atoms with E-state index < -0.39 is 17.7 Å². The second-order valence-corrected chi connectivity index (χ2v) is 8.60. The van der Waals surface area contributed by atoms with E-state index in [4.69, 9.17) is 0 Å². The summed E-state index contributed by atoms with van der Waals surface area (Å²) in [5.41, 5.74) is 4.79. The summed E-state index contributed by atoms with van der Waals surface area (Å²) >= 11 is 0. The molecular formula is C28H22F3N3O2. The Hall–Kier alpha value is -4.33. The lowest BCUT2D eigenvalue weighted by molar-refractivity contribution is -0.137. The van der Waals surface area contributed by atoms with Crippen LogP contribution in [0.4, 0.5) is 13.2 Å². The Bertz CT molecular complexity index is 1500. The summed E-state index contributed by atoms with van der Waals surface area (Å²) in [5, 5.41) is 17.9. The summed E-state index contributed by atoms with van der Waals surface area (Å²) in [6.45, 7) is 0.545. The minimum absolute atomic E-state index is 0.302. The number of hydrogen-bond donors (Lipinski definition) is 2. The molecule has 2 N–H and O–H groups in total. The van der Waals surface area contributed by atoms with Crippen molar-refractivity contribution >= 4 is 16.9 Å². The third-order valence-electron chi connectivity index (χ3n) is 6.14. The van der Waals surface area contributed by atoms with Gasteiger partial charge in [0.2, 0.25) is 0 Å². The van der Waals surface area contributed by atoms with Crippen LogP contribution < -0.4 is 5.32 Å². The van der Waals surface area contributed by atoms with Crippen molar-refractivity contribution in [3.8, 4) is 16.8 Å². The second kappa shape index (κ2) is 9.37. The number of hydrogen-bond acceptors (Lipinski definition) is 3. The van der Waals surface area contributed by atoms with Gasteiger partial charge in [-0.1, -0.05) is 36.4 Å². The van der Waals surface area contributed by atoms with Gasteiger partial charge in [-0.25, -0.2) is 9.48 Å². The fourth-order valence-electron chi connectivity index (χ4n) is 4.27. The highest BCUT2D eigenvalue weighted by Gasteiger charge is 2.30. The molecular weight excluding hydrogens is 467 g/mol. The Morgan fingerprint density at radius 1 is 1.03 bits per heavy atom. The van der Waals surface area contributed by atoms with Gasteiger partial charge in [-0.15, -0.1) is 0 Å². The minimum Gasteiger partial charge on any atom is -0.478 e. The van der Waals surface area contributed by atoms with Gasteiger partial charge in [-0.2, -0.15) is 18.3 Å². The molecule has 5 rings (SSSR count). The number of alkyl halides is 3. The molecule has 182 valence electrons. The van der Waals surface area contributed by atoms with Gasteiger partial charge in [0.25, 0.3) is 0 Å². The number of nitrogens with zero attached hydrogens (tertiary/aromatic N) is 2. The van der Waals surface area contributed by atoms with E-state index in [1.807, 2.05) is 47.1 Å². The SMILES string of the molecule is O=C(O)C1=CCCC(NCc2cccc(-n3ncc4cc(-c5ccc(C(F)(F)F)cc5)ccc43)c2)=C1. The lowest BCUT2D eigenvalue weighted by Gasteiger charge is -2.15. The van der Waals surface area contributed by atoms with Gasteiger partial charge >= 0.3 is 12.1 Å². The molecule has 0 aliphatic heterocycles. The minimum atomic E-state index is -4.36. The molecule has 4 aromatic rings. The van der Waals surface area contributed by atoms with E-state index in [-0.39, 0.29) is 0 Å². The fraction of sp³-hybridized carbons (Fsp3) is 0.143. The van der Waals surface area contributed by atoms with Gasteiger partial charge in [-0.05, 0) is 72.0 Å². The van der Waals surface area contributed by atoms with E-state index >= 15 is 0 Å². The predicted octanol–water partition coefficient (Wildman–Crippen LogP) is 6.49. The molecule has 1 aliphatic rings. The van der Waals surface area contributed by atoms with Crippen molar-refractivity contribution < 1.29 is 23.1 Å². The number of carbonyl (C=O) groups is 1. The van der Waals surface area contributed by atoms with Crippen LogP contribution in [0.25, 0.3) is 27.7 Å². The number of benzene rings is 3. The Morgan fingerprint density at radius 2 is 1.81 bits per heavy atom. The van der Waals surface area contributed by atoms with E-state index in [0.717, 1.165) is 52.0 Å². The predicted molar refractivity (Wildman–Crippen MR) is 131 cm³/mol. The van der Waals surface area contributed by atoms with Crippen molar-refractivity contribution in [2.45, 2.75) is 25.6 Å². The van der Waals surface area contributed by atoms with Gasteiger partial charge in [0.1, 0.15) is 0 Å². The maximum atomic E-state index is 12.9. The Kier molecular flexibility index (Phi) is 6.10. The monoisotopic (exact) mass is 489 g/mol. The van der Waals surface area contributed by atoms with Gasteiger partial charge in [0.05, 0.1) is 28.5 Å². The molecule has 1 heterocycles. The average molecular weight is 489 g/mol. The number of carboxylic acids is 1. The van der Waals surface area contributed by atoms with Crippen molar-refractivity contribution in [3.05, 3.63) is 107 Å². The van der Waals surface area contributed by atoms with Crippen molar-refractivity contribution in [3.63, 3.8) is 0 Å². The molecule has 3 aromatic carbocycles. The summed E-state index contributed by atoms with van der Waals surface area (Å²) in [6, 6.07) is 18.7. The van der Waals surface area contributed by atoms with Crippen LogP contribution in [0.3, 0.4) is 0 Å². The van der Waals surface area contributed by atoms with Crippen LogP contribution in [-0.2, 0) is 17.5 Å². The van der Waals surface area contributed by atoms with Crippen molar-refractivity contribution in [1.82, 2.24) is 15.1 Å². The molecule has 1 aromatic heterocycles. The third-order valence-corrected chi connectivity index (χ3v) is 6.14. The zero-order valence-electron chi connectivity index (χ0n) is 19.1. The molecule has 0 radical (unpaired) electrons. The molecule has 36 heavy (non-hydrogen) atoms. The first-order valence-electron chi connectivity index (χ1n) is 11.4. The van der Waals surface area contributed by atoms with Crippen molar-refractivity contribution in [1.29, 1.82) is 0 Å². The first-order chi connectivity index (χ1) is 17.3. The summed E-state index contributed by atoms with van der Waals surface area (Å²) in [4.78, 5) is 11.2. The average Bonchev–Trinajstić information content (AvgIpc) is 3.31. The number of aromatic nitrogens is 2. The molecule has 0 amide bonds. The smallest absolute Gasteiger partial charge is 0.416 e. The number of fused-ring (bicyclic) bond motifs is 1. The van der Waals surface area contributed by atoms with Gasteiger partial charge in [0.15, 0.2) is 0 Å². The van der Waals surface area contributed by atoms with Crippen LogP contribution in [0.5, 0.6) is 0 Å². The van der Waals surface area contributed by atoms with Crippen LogP contribution >= 0.6 is 0 Å². The number of allylic oxidation sites excluding steroid dienone is 2. The van der Waals surface area contributed by atoms with E-state index in [1.165, 1.54) is 12.1 Å². The number of halogens is 3. The first kappa shape index (κ1) is 23.4. The summed E-state index contributed by atoms with van der Waals surface area (Å²) in [5.74, 6) is -0.928. The summed E-state index contributed by atoms with van der Waals surface area (Å²) in [7, 11) is 0. The van der Waals surface area contributed by atoms with Crippen LogP contribution in [0, 0.1) is 0 Å². The normalized spacial score (nSPS) is 13.9. The highest BCUT2D eigenvalue weighted by atomic mass is 19.4. The van der Waals surface area contributed by atoms with Crippen LogP contribution in [-0.4, -0.2) is 20.9 Å². The summed E-state index contributed by atoms with van der Waals surface area (Å²) < 4.78 is 40.4. The van der Waals surface area contributed by atoms with Gasteiger partial charge in [-0.3, -0.25) is 0 Å². The van der Waals surface area contributed by atoms with Crippen LogP contribution in [0.15, 0.2) is 96.3 Å². The molecule has 8 heteroatoms. The Balaban J connectivity index is 1.35. The highest BCUT2D eigenvalue weighted by molar-refractivity contribution is 5.90. The highest BCUT2D eigenvalue weighted by Crippen LogP contribution is 2.32. The second-order valence-electron chi connectivity index (χ2n) is 8.60. The molecule has 0 bridgehead atoms. The molecule has 0 spiro atoms. The van der Waals surface area contributed by atoms with E-state index in [9.17, 15) is 23.1 Å². The number of rotatable bonds is 6. The van der Waals surface area contributed by atoms with Gasteiger partial charge < -0.3 is 10.4 Å². The number of aliphatic carboxylic acids is 1. The molecule has 1 aliphatic carbocycles. The first-order valence-corrected chi connectivity index (χ1v) is 11.4. The number of nitrogens with one attached hydrogen (secondary N) is 1. The largest absolute Gasteiger partial charge is 0.478 e. The van der Waals surface area contributed by atoms with E-state index in [0.29, 0.717) is 24.1 Å². The van der Waals surface area contributed by atoms with Crippen LogP contribution in [0.2, 0.25) is 0 Å². The lowest BCUT2D eigenvalue weighted by Crippen LogP contribution is -2.16. The topological polar surface area (TPSA) is 67.2 Å². The van der Waals surface area contributed by atoms with Crippen LogP contribution in [0.1, 0.15) is 24.0 Å². The fourth-order valence-corrected chi connectivity index (χ4v) is 4.27. The van der Waals surface area contributed by atoms with E-state index in [1.54, 1.807) is 18.3 Å². The van der Waals surface area contributed by atoms with E-state index in [2.05, 4.69) is 10.4 Å². The molecule has 5 nitrogen and oxygen atoms in total. The van der Waals surface area contributed by atoms with Crippen molar-refractivity contribution in [2.24, 2.45) is 0 Å². The Labute approximate surface area is 205 Å². The molecule has 0 saturated heterocycles. The zero-order chi connectivity index (χ0) is 25.3. The summed E-state index contributed by atoms with van der Waals surface area (Å²) in [6.07, 6.45) is 2.22. The maximum Gasteiger partial charge on any atom is 0.416 e. The Morgan fingerprint density at radius 3 is 2.56 bits per heavy atom. The maximum absolute atomic E-state index is 12.9. The van der Waals surface area contributed by atoms with Gasteiger partial charge in [0, 0.05) is 17.6 Å². The molecule has 0 unspecified atom stereocenters.